The third-order valence-electron chi connectivity index (χ3n) is 2.28. The molecule has 0 aromatic carbocycles. The van der Waals surface area contributed by atoms with Crippen LogP contribution >= 0.6 is 0 Å². The molecule has 70 valence electrons. The van der Waals surface area contributed by atoms with Gasteiger partial charge in [0, 0.05) is 24.5 Å². The Bertz CT molecular complexity index is 282. The van der Waals surface area contributed by atoms with Gasteiger partial charge in [0.15, 0.2) is 0 Å². The number of ether oxygens (including phenoxy) is 1. The highest BCUT2D eigenvalue weighted by Crippen LogP contribution is 2.18. The lowest BCUT2D eigenvalue weighted by Crippen LogP contribution is -2.19. The lowest BCUT2D eigenvalue weighted by Gasteiger charge is -2.13. The summed E-state index contributed by atoms with van der Waals surface area (Å²) in [5, 5.41) is 3.27. The van der Waals surface area contributed by atoms with E-state index in [-0.39, 0.29) is 0 Å². The predicted molar refractivity (Wildman–Crippen MR) is 50.9 cm³/mol. The van der Waals surface area contributed by atoms with Gasteiger partial charge in [0.05, 0.1) is 0 Å². The van der Waals surface area contributed by atoms with Crippen LogP contribution in [0.2, 0.25) is 0 Å². The number of pyridine rings is 1. The van der Waals surface area contributed by atoms with Crippen molar-refractivity contribution in [2.24, 2.45) is 0 Å². The minimum atomic E-state index is 0.334. The number of hydrogen-bond donors (Lipinski definition) is 1. The highest BCUT2D eigenvalue weighted by atomic mass is 16.5. The summed E-state index contributed by atoms with van der Waals surface area (Å²) in [6.45, 7) is 4.04. The zero-order valence-electron chi connectivity index (χ0n) is 7.79. The van der Waals surface area contributed by atoms with E-state index in [9.17, 15) is 0 Å². The van der Waals surface area contributed by atoms with E-state index in [1.165, 1.54) is 0 Å². The molecule has 1 N–H and O–H groups in total. The van der Waals surface area contributed by atoms with Gasteiger partial charge in [-0.2, -0.15) is 0 Å². The molecule has 0 aliphatic carbocycles. The summed E-state index contributed by atoms with van der Waals surface area (Å²) >= 11 is 0. The Hall–Kier alpha value is -1.09. The maximum atomic E-state index is 5.80. The van der Waals surface area contributed by atoms with Crippen LogP contribution < -0.4 is 10.1 Å². The van der Waals surface area contributed by atoms with Crippen molar-refractivity contribution in [3.8, 4) is 5.75 Å². The Morgan fingerprint density at radius 2 is 2.54 bits per heavy atom. The Labute approximate surface area is 78.1 Å². The van der Waals surface area contributed by atoms with Crippen molar-refractivity contribution < 1.29 is 4.74 Å². The molecule has 0 radical (unpaired) electrons. The van der Waals surface area contributed by atoms with Gasteiger partial charge in [-0.15, -0.1) is 0 Å². The van der Waals surface area contributed by atoms with E-state index in [0.717, 1.165) is 30.8 Å². The van der Waals surface area contributed by atoms with Gasteiger partial charge in [0.2, 0.25) is 0 Å². The molecule has 0 amide bonds. The monoisotopic (exact) mass is 178 g/mol. The topological polar surface area (TPSA) is 34.1 Å². The molecule has 1 aromatic heterocycles. The highest BCUT2D eigenvalue weighted by molar-refractivity contribution is 5.28. The van der Waals surface area contributed by atoms with Crippen molar-refractivity contribution in [2.75, 3.05) is 13.1 Å². The molecule has 1 aliphatic rings. The third kappa shape index (κ3) is 1.98. The van der Waals surface area contributed by atoms with Crippen molar-refractivity contribution in [3.05, 3.63) is 24.0 Å². The zero-order chi connectivity index (χ0) is 9.10. The highest BCUT2D eigenvalue weighted by Gasteiger charge is 2.16. The van der Waals surface area contributed by atoms with Gasteiger partial charge in [-0.25, -0.2) is 0 Å². The zero-order valence-corrected chi connectivity index (χ0v) is 7.79. The van der Waals surface area contributed by atoms with Gasteiger partial charge in [-0.1, -0.05) is 0 Å². The number of rotatable bonds is 2. The molecule has 2 heterocycles. The summed E-state index contributed by atoms with van der Waals surface area (Å²) in [7, 11) is 0. The first-order valence-corrected chi connectivity index (χ1v) is 4.64. The Morgan fingerprint density at radius 1 is 1.62 bits per heavy atom. The second-order valence-electron chi connectivity index (χ2n) is 3.37. The van der Waals surface area contributed by atoms with Crippen LogP contribution in [0, 0.1) is 6.92 Å². The van der Waals surface area contributed by atoms with E-state index in [0.29, 0.717) is 6.10 Å². The van der Waals surface area contributed by atoms with Gasteiger partial charge >= 0.3 is 0 Å². The summed E-state index contributed by atoms with van der Waals surface area (Å²) in [5.41, 5.74) is 1.11. The molecule has 13 heavy (non-hydrogen) atoms. The average Bonchev–Trinajstić information content (AvgIpc) is 2.61. The molecule has 1 aromatic rings. The average molecular weight is 178 g/mol. The molecular weight excluding hydrogens is 164 g/mol. The molecule has 1 fully saturated rings. The van der Waals surface area contributed by atoms with Crippen LogP contribution in [0.25, 0.3) is 0 Å². The summed E-state index contributed by atoms with van der Waals surface area (Å²) in [4.78, 5) is 4.02. The molecule has 1 atom stereocenters. The van der Waals surface area contributed by atoms with Gasteiger partial charge in [-0.3, -0.25) is 4.98 Å². The van der Waals surface area contributed by atoms with Crippen LogP contribution in [-0.4, -0.2) is 24.2 Å². The van der Waals surface area contributed by atoms with E-state index < -0.39 is 0 Å². The van der Waals surface area contributed by atoms with Crippen LogP contribution in [0.3, 0.4) is 0 Å². The number of nitrogens with zero attached hydrogens (tertiary/aromatic N) is 1. The largest absolute Gasteiger partial charge is 0.489 e. The molecule has 0 saturated carbocycles. The van der Waals surface area contributed by atoms with E-state index in [2.05, 4.69) is 10.3 Å². The number of hydrogen-bond acceptors (Lipinski definition) is 3. The second kappa shape index (κ2) is 3.75. The standard InChI is InChI=1S/C10H14N2O/c1-8-6-11-5-3-10(8)13-9-2-4-12-7-9/h3,5-6,9,12H,2,4,7H2,1H3/t9-/m0/s1. The van der Waals surface area contributed by atoms with Crippen molar-refractivity contribution in [2.45, 2.75) is 19.4 Å². The van der Waals surface area contributed by atoms with Crippen LogP contribution in [0.1, 0.15) is 12.0 Å². The van der Waals surface area contributed by atoms with Crippen molar-refractivity contribution in [3.63, 3.8) is 0 Å². The molecular formula is C10H14N2O. The maximum absolute atomic E-state index is 5.80. The number of aromatic nitrogens is 1. The lowest BCUT2D eigenvalue weighted by molar-refractivity contribution is 0.221. The van der Waals surface area contributed by atoms with Crippen LogP contribution in [0.4, 0.5) is 0 Å². The first kappa shape index (κ1) is 8.51. The van der Waals surface area contributed by atoms with Crippen molar-refractivity contribution in [1.29, 1.82) is 0 Å². The minimum absolute atomic E-state index is 0.334. The van der Waals surface area contributed by atoms with Crippen LogP contribution in [0.15, 0.2) is 18.5 Å². The van der Waals surface area contributed by atoms with Gasteiger partial charge in [0.25, 0.3) is 0 Å². The quantitative estimate of drug-likeness (QED) is 0.737. The smallest absolute Gasteiger partial charge is 0.125 e. The third-order valence-corrected chi connectivity index (χ3v) is 2.28. The van der Waals surface area contributed by atoms with E-state index >= 15 is 0 Å². The Balaban J connectivity index is 2.04. The Kier molecular flexibility index (Phi) is 2.45. The van der Waals surface area contributed by atoms with Gasteiger partial charge < -0.3 is 10.1 Å². The summed E-state index contributed by atoms with van der Waals surface area (Å²) < 4.78 is 5.80. The second-order valence-corrected chi connectivity index (χ2v) is 3.37. The maximum Gasteiger partial charge on any atom is 0.125 e. The number of nitrogens with one attached hydrogen (secondary N) is 1. The Morgan fingerprint density at radius 3 is 3.23 bits per heavy atom. The van der Waals surface area contributed by atoms with Crippen molar-refractivity contribution >= 4 is 0 Å². The minimum Gasteiger partial charge on any atom is -0.489 e. The van der Waals surface area contributed by atoms with E-state index in [4.69, 9.17) is 4.74 Å². The van der Waals surface area contributed by atoms with Crippen LogP contribution in [0.5, 0.6) is 5.75 Å². The normalized spacial score (nSPS) is 21.8. The predicted octanol–water partition coefficient (Wildman–Crippen LogP) is 1.13. The molecule has 0 unspecified atom stereocenters. The summed E-state index contributed by atoms with van der Waals surface area (Å²) in [6, 6.07) is 1.92. The molecule has 0 bridgehead atoms. The molecule has 1 saturated heterocycles. The molecule has 0 spiro atoms. The molecule has 3 heteroatoms. The van der Waals surface area contributed by atoms with Gasteiger partial charge in [0.1, 0.15) is 11.9 Å². The fraction of sp³-hybridized carbons (Fsp3) is 0.500. The van der Waals surface area contributed by atoms with Crippen LogP contribution in [-0.2, 0) is 0 Å². The van der Waals surface area contributed by atoms with Crippen molar-refractivity contribution in [1.82, 2.24) is 10.3 Å². The molecule has 2 rings (SSSR count). The summed E-state index contributed by atoms with van der Waals surface area (Å²) in [5.74, 6) is 0.962. The summed E-state index contributed by atoms with van der Waals surface area (Å²) in [6.07, 6.45) is 5.03. The van der Waals surface area contributed by atoms with Gasteiger partial charge in [-0.05, 0) is 26.0 Å². The molecule has 3 nitrogen and oxygen atoms in total. The van der Waals surface area contributed by atoms with E-state index in [1.807, 2.05) is 19.2 Å². The first-order chi connectivity index (χ1) is 6.36. The number of aryl methyl sites for hydroxylation is 1. The first-order valence-electron chi connectivity index (χ1n) is 4.64. The fourth-order valence-corrected chi connectivity index (χ4v) is 1.50. The van der Waals surface area contributed by atoms with E-state index in [1.54, 1.807) is 6.20 Å². The molecule has 1 aliphatic heterocycles. The SMILES string of the molecule is Cc1cnccc1O[C@H]1CCNC1. The lowest BCUT2D eigenvalue weighted by atomic mass is 10.2. The fourth-order valence-electron chi connectivity index (χ4n) is 1.50.